The number of carbonyl (C=O) groups is 2. The maximum Gasteiger partial charge on any atom is 0.303 e. The molecule has 8 bridgehead atoms. The lowest BCUT2D eigenvalue weighted by Crippen LogP contribution is -2.24. The van der Waals surface area contributed by atoms with E-state index in [1.807, 2.05) is 51.1 Å². The highest BCUT2D eigenvalue weighted by Crippen LogP contribution is 2.38. The summed E-state index contributed by atoms with van der Waals surface area (Å²) in [5.41, 5.74) is 14.3. The van der Waals surface area contributed by atoms with Crippen LogP contribution in [0.15, 0.2) is 37.4 Å². The van der Waals surface area contributed by atoms with Crippen LogP contribution < -0.4 is 5.32 Å². The van der Waals surface area contributed by atoms with Crippen LogP contribution in [0.2, 0.25) is 0 Å². The number of carbonyl (C=O) groups excluding carboxylic acids is 1. The molecular formula is C39H45N5O4. The molecule has 0 atom stereocenters. The van der Waals surface area contributed by atoms with Crippen LogP contribution >= 0.6 is 0 Å². The van der Waals surface area contributed by atoms with E-state index < -0.39 is 5.97 Å². The number of hydrogen-bond acceptors (Lipinski definition) is 5. The lowest BCUT2D eigenvalue weighted by molar-refractivity contribution is -0.136. The van der Waals surface area contributed by atoms with Crippen LogP contribution in [0.25, 0.3) is 56.5 Å². The molecule has 0 unspecified atom stereocenters. The van der Waals surface area contributed by atoms with E-state index in [0.717, 1.165) is 97.3 Å². The zero-order valence-corrected chi connectivity index (χ0v) is 28.3. The van der Waals surface area contributed by atoms with Gasteiger partial charge in [-0.1, -0.05) is 25.3 Å². The average Bonchev–Trinajstić information content (AvgIpc) is 3.71. The number of aliphatic hydroxyl groups is 1. The van der Waals surface area contributed by atoms with Gasteiger partial charge >= 0.3 is 5.97 Å². The van der Waals surface area contributed by atoms with Gasteiger partial charge in [0.15, 0.2) is 0 Å². The number of allylic oxidation sites excluding steroid dienone is 4. The lowest BCUT2D eigenvalue weighted by Gasteiger charge is -2.07. The number of aromatic nitrogens is 4. The fourth-order valence-corrected chi connectivity index (χ4v) is 6.50. The Labute approximate surface area is 281 Å². The number of rotatable bonds is 13. The molecule has 1 amide bonds. The van der Waals surface area contributed by atoms with Crippen LogP contribution in [0, 0.1) is 13.8 Å². The third kappa shape index (κ3) is 7.11. The van der Waals surface area contributed by atoms with Gasteiger partial charge in [-0.2, -0.15) is 0 Å². The minimum absolute atomic E-state index is 0.0233. The molecule has 9 heteroatoms. The molecule has 5 rings (SSSR count). The number of aliphatic hydroxyl groups excluding tert-OH is 1. The highest BCUT2D eigenvalue weighted by molar-refractivity contribution is 5.97. The van der Waals surface area contributed by atoms with Crippen LogP contribution in [0.4, 0.5) is 0 Å². The number of hydrogen-bond donors (Lipinski definition) is 5. The highest BCUT2D eigenvalue weighted by atomic mass is 16.4. The van der Waals surface area contributed by atoms with Crippen molar-refractivity contribution in [1.82, 2.24) is 25.3 Å². The van der Waals surface area contributed by atoms with Gasteiger partial charge in [0.25, 0.3) is 0 Å². The van der Waals surface area contributed by atoms with E-state index in [1.165, 1.54) is 0 Å². The summed E-state index contributed by atoms with van der Waals surface area (Å²) < 4.78 is 0. The Bertz CT molecular complexity index is 2020. The number of carboxylic acid groups (broad SMARTS) is 1. The Balaban J connectivity index is 1.73. The second-order valence-corrected chi connectivity index (χ2v) is 12.5. The number of nitrogens with zero attached hydrogens (tertiary/aromatic N) is 2. The molecule has 0 aliphatic carbocycles. The first kappa shape index (κ1) is 34.3. The standard InChI is InChI=1S/C39H45N5O4/c1-7-26-22(3)30-18-31-25(6)29(13-15-39(47)48)37(43-31)21-36-28(12-14-38(46)40-16-10-9-11-17-45)24(5)33(44-36)20-35-27(8-2)23(4)32(42-35)19-34(26)41-30/h7-8,18-21,41-42,45H,1-2,9-17H2,3-6H3,(H,40,46)(H,47,48). The largest absolute Gasteiger partial charge is 0.481 e. The Kier molecular flexibility index (Phi) is 10.6. The van der Waals surface area contributed by atoms with E-state index in [-0.39, 0.29) is 18.9 Å². The van der Waals surface area contributed by atoms with Gasteiger partial charge in [-0.25, -0.2) is 9.97 Å². The van der Waals surface area contributed by atoms with Crippen LogP contribution in [-0.4, -0.2) is 55.2 Å². The molecule has 5 N–H and O–H groups in total. The Morgan fingerprint density at radius 1 is 0.729 bits per heavy atom. The van der Waals surface area contributed by atoms with E-state index in [1.54, 1.807) is 0 Å². The van der Waals surface area contributed by atoms with Gasteiger partial charge in [0.05, 0.1) is 22.8 Å². The Hall–Kier alpha value is -5.02. The molecule has 3 aromatic heterocycles. The number of aromatic amines is 2. The molecule has 48 heavy (non-hydrogen) atoms. The third-order valence-electron chi connectivity index (χ3n) is 9.39. The average molecular weight is 648 g/mol. The van der Waals surface area contributed by atoms with Crippen molar-refractivity contribution in [3.05, 3.63) is 82.5 Å². The van der Waals surface area contributed by atoms with Gasteiger partial charge in [0.1, 0.15) is 0 Å². The molecular weight excluding hydrogens is 602 g/mol. The molecule has 3 aromatic rings. The first-order chi connectivity index (χ1) is 23.1. The topological polar surface area (TPSA) is 144 Å². The van der Waals surface area contributed by atoms with Crippen molar-refractivity contribution in [2.24, 2.45) is 0 Å². The first-order valence-electron chi connectivity index (χ1n) is 16.6. The number of nitrogens with one attached hydrogen (secondary N) is 3. The summed E-state index contributed by atoms with van der Waals surface area (Å²) in [7, 11) is 0. The molecule has 2 aliphatic rings. The summed E-state index contributed by atoms with van der Waals surface area (Å²) in [6, 6.07) is 8.06. The minimum atomic E-state index is -0.873. The van der Waals surface area contributed by atoms with Crippen LogP contribution in [0.1, 0.15) is 104 Å². The fraction of sp³-hybridized carbons (Fsp3) is 0.333. The lowest BCUT2D eigenvalue weighted by atomic mass is 9.98. The maximum atomic E-state index is 12.8. The maximum absolute atomic E-state index is 12.8. The number of unbranched alkanes of at least 4 members (excludes halogenated alkanes) is 2. The number of aliphatic carboxylic acids is 1. The monoisotopic (exact) mass is 647 g/mol. The van der Waals surface area contributed by atoms with Crippen LogP contribution in [0.5, 0.6) is 0 Å². The SMILES string of the molecule is C=Cc1c(C)c2cc3[nH]c(cc4nc(cc5nc(cc1[nH]2)C(C)=C5CCC(=O)NCCCCCO)C(CCC(=O)O)=C4C)c(C)c3C=C. The van der Waals surface area contributed by atoms with Gasteiger partial charge in [-0.05, 0) is 117 Å². The van der Waals surface area contributed by atoms with Crippen molar-refractivity contribution in [2.75, 3.05) is 13.2 Å². The van der Waals surface area contributed by atoms with Gasteiger partial charge < -0.3 is 25.5 Å². The summed E-state index contributed by atoms with van der Waals surface area (Å²) in [6.07, 6.45) is 7.19. The van der Waals surface area contributed by atoms with E-state index >= 15 is 0 Å². The van der Waals surface area contributed by atoms with E-state index in [2.05, 4.69) is 41.4 Å². The number of amides is 1. The van der Waals surface area contributed by atoms with Crippen molar-refractivity contribution in [3.63, 3.8) is 0 Å². The van der Waals surface area contributed by atoms with Gasteiger partial charge in [-0.15, -0.1) is 0 Å². The third-order valence-corrected chi connectivity index (χ3v) is 9.39. The van der Waals surface area contributed by atoms with E-state index in [0.29, 0.717) is 37.2 Å². The van der Waals surface area contributed by atoms with E-state index in [9.17, 15) is 14.7 Å². The predicted octanol–water partition coefficient (Wildman–Crippen LogP) is 8.00. The summed E-state index contributed by atoms with van der Waals surface area (Å²) in [5.74, 6) is -0.911. The van der Waals surface area contributed by atoms with Gasteiger partial charge in [0, 0.05) is 59.2 Å². The summed E-state index contributed by atoms with van der Waals surface area (Å²) in [6.45, 7) is 17.0. The molecule has 0 saturated heterocycles. The predicted molar refractivity (Wildman–Crippen MR) is 196 cm³/mol. The summed E-state index contributed by atoms with van der Waals surface area (Å²) in [5, 5.41) is 21.6. The first-order valence-corrected chi connectivity index (χ1v) is 16.6. The van der Waals surface area contributed by atoms with Crippen molar-refractivity contribution in [3.8, 4) is 0 Å². The van der Waals surface area contributed by atoms with Gasteiger partial charge in [0.2, 0.25) is 5.91 Å². The van der Waals surface area contributed by atoms with Gasteiger partial charge in [-0.3, -0.25) is 9.59 Å². The number of fused-ring (bicyclic) bond motifs is 8. The second kappa shape index (κ2) is 14.8. The quantitative estimate of drug-likeness (QED) is 0.119. The van der Waals surface area contributed by atoms with Crippen molar-refractivity contribution in [1.29, 1.82) is 0 Å². The molecule has 0 radical (unpaired) electrons. The van der Waals surface area contributed by atoms with Crippen molar-refractivity contribution in [2.45, 2.75) is 72.6 Å². The number of carboxylic acids is 1. The fourth-order valence-electron chi connectivity index (χ4n) is 6.50. The van der Waals surface area contributed by atoms with E-state index in [4.69, 9.17) is 15.1 Å². The molecule has 0 saturated carbocycles. The Morgan fingerprint density at radius 2 is 1.25 bits per heavy atom. The molecule has 0 spiro atoms. The Morgan fingerprint density at radius 3 is 1.79 bits per heavy atom. The van der Waals surface area contributed by atoms with Crippen molar-refractivity contribution >= 4 is 68.4 Å². The highest BCUT2D eigenvalue weighted by Gasteiger charge is 2.23. The normalized spacial score (nSPS) is 12.9. The molecule has 0 aromatic carbocycles. The molecule has 0 fully saturated rings. The van der Waals surface area contributed by atoms with Crippen molar-refractivity contribution < 1.29 is 19.8 Å². The zero-order chi connectivity index (χ0) is 34.5. The number of aryl methyl sites for hydroxylation is 2. The minimum Gasteiger partial charge on any atom is -0.481 e. The molecule has 2 aliphatic heterocycles. The van der Waals surface area contributed by atoms with Crippen LogP contribution in [-0.2, 0) is 9.59 Å². The molecule has 250 valence electrons. The summed E-state index contributed by atoms with van der Waals surface area (Å²) in [4.78, 5) is 41.8. The van der Waals surface area contributed by atoms with Crippen LogP contribution in [0.3, 0.4) is 0 Å². The molecule has 5 heterocycles. The second-order valence-electron chi connectivity index (χ2n) is 12.5. The smallest absolute Gasteiger partial charge is 0.303 e. The summed E-state index contributed by atoms with van der Waals surface area (Å²) >= 11 is 0. The molecule has 9 nitrogen and oxygen atoms in total. The zero-order valence-electron chi connectivity index (χ0n) is 28.3. The number of H-pyrrole nitrogens is 2.